The van der Waals surface area contributed by atoms with Crippen molar-refractivity contribution in [2.24, 2.45) is 11.3 Å². The van der Waals surface area contributed by atoms with E-state index in [1.54, 1.807) is 20.8 Å². The van der Waals surface area contributed by atoms with Crippen molar-refractivity contribution in [2.75, 3.05) is 19.7 Å². The molecule has 28 heavy (non-hydrogen) atoms. The van der Waals surface area contributed by atoms with E-state index in [0.29, 0.717) is 19.2 Å². The number of carbonyl (C=O) groups excluding carboxylic acids is 1. The molecular weight excluding hydrogens is 381 g/mol. The van der Waals surface area contributed by atoms with Crippen LogP contribution in [0.1, 0.15) is 39.2 Å². The maximum absolute atomic E-state index is 12.8. The molecule has 10 heteroatoms. The molecule has 1 heterocycles. The monoisotopic (exact) mass is 404 g/mol. The van der Waals surface area contributed by atoms with Gasteiger partial charge in [0.25, 0.3) is 0 Å². The van der Waals surface area contributed by atoms with Crippen LogP contribution in [-0.4, -0.2) is 35.7 Å². The van der Waals surface area contributed by atoms with Crippen LogP contribution in [0.25, 0.3) is 0 Å². The van der Waals surface area contributed by atoms with Gasteiger partial charge in [-0.05, 0) is 45.7 Å². The zero-order chi connectivity index (χ0) is 21.1. The molecule has 0 aliphatic carbocycles. The molecule has 0 saturated carbocycles. The first-order valence-electron chi connectivity index (χ1n) is 8.83. The molecule has 0 radical (unpaired) electrons. The van der Waals surface area contributed by atoms with E-state index in [1.165, 1.54) is 5.06 Å². The van der Waals surface area contributed by atoms with Crippen LogP contribution in [0.4, 0.5) is 18.9 Å². The van der Waals surface area contributed by atoms with Crippen molar-refractivity contribution < 1.29 is 32.5 Å². The smallest absolute Gasteiger partial charge is 0.416 e. The van der Waals surface area contributed by atoms with Gasteiger partial charge in [-0.1, -0.05) is 0 Å². The minimum atomic E-state index is -4.68. The first kappa shape index (κ1) is 21.9. The van der Waals surface area contributed by atoms with Crippen LogP contribution in [0.5, 0.6) is 5.75 Å². The second kappa shape index (κ2) is 8.34. The quantitative estimate of drug-likeness (QED) is 0.540. The van der Waals surface area contributed by atoms with Crippen LogP contribution < -0.4 is 4.74 Å². The molecule has 1 aliphatic heterocycles. The van der Waals surface area contributed by atoms with Gasteiger partial charge in [-0.3, -0.25) is 10.1 Å². The highest BCUT2D eigenvalue weighted by Crippen LogP contribution is 2.36. The summed E-state index contributed by atoms with van der Waals surface area (Å²) in [4.78, 5) is 27.6. The Morgan fingerprint density at radius 2 is 2.00 bits per heavy atom. The number of rotatable bonds is 5. The van der Waals surface area contributed by atoms with Gasteiger partial charge in [0.2, 0.25) is 0 Å². The van der Waals surface area contributed by atoms with Gasteiger partial charge in [0.05, 0.1) is 22.5 Å². The summed E-state index contributed by atoms with van der Waals surface area (Å²) in [7, 11) is 0. The number of piperidine rings is 1. The van der Waals surface area contributed by atoms with Crippen molar-refractivity contribution in [1.82, 2.24) is 5.06 Å². The molecule has 1 aromatic rings. The molecular formula is C18H23F3N2O5. The minimum Gasteiger partial charge on any atom is -0.486 e. The van der Waals surface area contributed by atoms with Crippen molar-refractivity contribution >= 4 is 11.7 Å². The zero-order valence-electron chi connectivity index (χ0n) is 15.9. The molecule has 0 bridgehead atoms. The number of hydrogen-bond donors (Lipinski definition) is 0. The van der Waals surface area contributed by atoms with Crippen LogP contribution in [0.2, 0.25) is 0 Å². The van der Waals surface area contributed by atoms with Crippen molar-refractivity contribution in [3.63, 3.8) is 0 Å². The van der Waals surface area contributed by atoms with Gasteiger partial charge in [-0.15, -0.1) is 5.06 Å². The summed E-state index contributed by atoms with van der Waals surface area (Å²) in [6.07, 6.45) is -3.19. The van der Waals surface area contributed by atoms with Crippen LogP contribution in [0.3, 0.4) is 0 Å². The minimum absolute atomic E-state index is 0.0653. The summed E-state index contributed by atoms with van der Waals surface area (Å²) in [6.45, 7) is 6.24. The maximum atomic E-state index is 12.8. The third-order valence-corrected chi connectivity index (χ3v) is 4.26. The summed E-state index contributed by atoms with van der Waals surface area (Å²) in [5, 5.41) is 12.6. The Hall–Kier alpha value is -2.36. The molecule has 0 N–H and O–H groups in total. The van der Waals surface area contributed by atoms with Crippen molar-refractivity contribution in [2.45, 2.75) is 39.8 Å². The van der Waals surface area contributed by atoms with Crippen molar-refractivity contribution in [3.05, 3.63) is 33.9 Å². The second-order valence-electron chi connectivity index (χ2n) is 7.77. The van der Waals surface area contributed by atoms with E-state index in [4.69, 9.17) is 9.57 Å². The molecule has 1 atom stereocenters. The molecule has 0 amide bonds. The number of alkyl halides is 3. The molecule has 7 nitrogen and oxygen atoms in total. The molecule has 1 aliphatic rings. The van der Waals surface area contributed by atoms with Gasteiger partial charge in [0.1, 0.15) is 0 Å². The predicted molar refractivity (Wildman–Crippen MR) is 93.4 cm³/mol. The lowest BCUT2D eigenvalue weighted by Gasteiger charge is -2.32. The molecule has 2 rings (SSSR count). The van der Waals surface area contributed by atoms with Gasteiger partial charge in [-0.2, -0.15) is 13.2 Å². The fraction of sp³-hybridized carbons (Fsp3) is 0.611. The number of nitro benzene ring substituents is 1. The number of ether oxygens (including phenoxy) is 1. The average molecular weight is 404 g/mol. The van der Waals surface area contributed by atoms with Crippen LogP contribution in [0, 0.1) is 21.4 Å². The summed E-state index contributed by atoms with van der Waals surface area (Å²) >= 11 is 0. The van der Waals surface area contributed by atoms with Crippen molar-refractivity contribution in [1.29, 1.82) is 0 Å². The SMILES string of the molecule is CC(C)(C)C(=O)ON1CCCC(COc2ccc(C(F)(F)F)cc2[N+](=O)[O-])C1. The average Bonchev–Trinajstić information content (AvgIpc) is 2.58. The molecule has 1 aromatic carbocycles. The lowest BCUT2D eigenvalue weighted by molar-refractivity contribution is -0.386. The van der Waals surface area contributed by atoms with Crippen LogP contribution >= 0.6 is 0 Å². The van der Waals surface area contributed by atoms with Gasteiger partial charge >= 0.3 is 17.8 Å². The van der Waals surface area contributed by atoms with Crippen LogP contribution in [0.15, 0.2) is 18.2 Å². The zero-order valence-corrected chi connectivity index (χ0v) is 15.9. The van der Waals surface area contributed by atoms with Crippen molar-refractivity contribution in [3.8, 4) is 5.75 Å². The number of halogens is 3. The summed E-state index contributed by atoms with van der Waals surface area (Å²) in [6, 6.07) is 2.18. The molecule has 1 unspecified atom stereocenters. The largest absolute Gasteiger partial charge is 0.486 e. The van der Waals surface area contributed by atoms with E-state index in [0.717, 1.165) is 25.0 Å². The van der Waals surface area contributed by atoms with Gasteiger partial charge < -0.3 is 9.57 Å². The third kappa shape index (κ3) is 5.82. The lowest BCUT2D eigenvalue weighted by Crippen LogP contribution is -2.41. The Balaban J connectivity index is 2.01. The number of carbonyl (C=O) groups is 1. The third-order valence-electron chi connectivity index (χ3n) is 4.26. The van der Waals surface area contributed by atoms with E-state index in [2.05, 4.69) is 0 Å². The first-order valence-corrected chi connectivity index (χ1v) is 8.83. The summed E-state index contributed by atoms with van der Waals surface area (Å²) in [5.41, 5.74) is -2.49. The number of nitro groups is 1. The van der Waals surface area contributed by atoms with Crippen LogP contribution in [-0.2, 0) is 15.8 Å². The molecule has 1 fully saturated rings. The standard InChI is InChI=1S/C18H23F3N2O5/c1-17(2,3)16(24)28-22-8-4-5-12(10-22)11-27-15-7-6-13(18(19,20)21)9-14(15)23(25)26/h6-7,9,12H,4-5,8,10-11H2,1-3H3. The van der Waals surface area contributed by atoms with Gasteiger partial charge in [0, 0.05) is 25.1 Å². The van der Waals surface area contributed by atoms with E-state index in [-0.39, 0.29) is 24.2 Å². The fourth-order valence-corrected chi connectivity index (χ4v) is 2.67. The topological polar surface area (TPSA) is 81.9 Å². The maximum Gasteiger partial charge on any atom is 0.416 e. The highest BCUT2D eigenvalue weighted by Gasteiger charge is 2.34. The summed E-state index contributed by atoms with van der Waals surface area (Å²) in [5.74, 6) is -0.669. The molecule has 1 saturated heterocycles. The number of hydroxylamine groups is 2. The van der Waals surface area contributed by atoms with E-state index >= 15 is 0 Å². The molecule has 0 aromatic heterocycles. The normalized spacial score (nSPS) is 18.6. The van der Waals surface area contributed by atoms with E-state index in [1.807, 2.05) is 0 Å². The lowest BCUT2D eigenvalue weighted by atomic mass is 9.97. The fourth-order valence-electron chi connectivity index (χ4n) is 2.67. The molecule has 156 valence electrons. The molecule has 0 spiro atoms. The number of hydrogen-bond acceptors (Lipinski definition) is 6. The predicted octanol–water partition coefficient (Wildman–Crippen LogP) is 4.21. The number of nitrogens with zero attached hydrogens (tertiary/aromatic N) is 2. The Morgan fingerprint density at radius 1 is 1.32 bits per heavy atom. The number of benzene rings is 1. The van der Waals surface area contributed by atoms with E-state index < -0.39 is 27.8 Å². The first-order chi connectivity index (χ1) is 12.9. The Morgan fingerprint density at radius 3 is 2.57 bits per heavy atom. The van der Waals surface area contributed by atoms with Gasteiger partial charge in [-0.25, -0.2) is 4.79 Å². The highest BCUT2D eigenvalue weighted by molar-refractivity contribution is 5.75. The summed E-state index contributed by atoms with van der Waals surface area (Å²) < 4.78 is 43.7. The van der Waals surface area contributed by atoms with Gasteiger partial charge in [0.15, 0.2) is 5.75 Å². The Kier molecular flexibility index (Phi) is 6.53. The second-order valence-corrected chi connectivity index (χ2v) is 7.77. The highest BCUT2D eigenvalue weighted by atomic mass is 19.4. The Labute approximate surface area is 160 Å². The Bertz CT molecular complexity index is 731. The van der Waals surface area contributed by atoms with E-state index in [9.17, 15) is 28.1 Å².